The molecule has 1 aliphatic rings. The van der Waals surface area contributed by atoms with E-state index < -0.39 is 0 Å². The van der Waals surface area contributed by atoms with Gasteiger partial charge in [0.1, 0.15) is 0 Å². The predicted octanol–water partition coefficient (Wildman–Crippen LogP) is 1.83. The van der Waals surface area contributed by atoms with Crippen LogP contribution in [0.3, 0.4) is 0 Å². The summed E-state index contributed by atoms with van der Waals surface area (Å²) in [6.07, 6.45) is 3.14. The van der Waals surface area contributed by atoms with E-state index in [0.29, 0.717) is 13.0 Å². The molecule has 0 aromatic heterocycles. The molecule has 2 rings (SSSR count). The zero-order valence-corrected chi connectivity index (χ0v) is 11.6. The third-order valence-electron chi connectivity index (χ3n) is 3.44. The molecule has 0 unspecified atom stereocenters. The number of likely N-dealkylation sites (tertiary alicyclic amines) is 1. The SMILES string of the molecule is CNCCC(=O)Nc1ccc(CN2CCCC2)cc1. The first-order valence-corrected chi connectivity index (χ1v) is 7.03. The van der Waals surface area contributed by atoms with Gasteiger partial charge in [-0.2, -0.15) is 0 Å². The number of carbonyl (C=O) groups is 1. The lowest BCUT2D eigenvalue weighted by Crippen LogP contribution is -2.19. The number of hydrogen-bond donors (Lipinski definition) is 2. The Balaban J connectivity index is 1.82. The molecule has 1 aromatic rings. The highest BCUT2D eigenvalue weighted by Gasteiger charge is 2.11. The van der Waals surface area contributed by atoms with Crippen LogP contribution in [0.25, 0.3) is 0 Å². The Kier molecular flexibility index (Phi) is 5.36. The van der Waals surface area contributed by atoms with Crippen molar-refractivity contribution in [2.24, 2.45) is 0 Å². The maximum absolute atomic E-state index is 11.6. The fourth-order valence-corrected chi connectivity index (χ4v) is 2.35. The number of benzene rings is 1. The molecule has 0 bridgehead atoms. The average Bonchev–Trinajstić information content (AvgIpc) is 2.91. The maximum Gasteiger partial charge on any atom is 0.225 e. The topological polar surface area (TPSA) is 44.4 Å². The molecule has 0 saturated carbocycles. The summed E-state index contributed by atoms with van der Waals surface area (Å²) in [5.74, 6) is 0.0571. The van der Waals surface area contributed by atoms with E-state index in [-0.39, 0.29) is 5.91 Å². The lowest BCUT2D eigenvalue weighted by atomic mass is 10.2. The molecule has 0 spiro atoms. The first-order valence-electron chi connectivity index (χ1n) is 7.03. The van der Waals surface area contributed by atoms with Gasteiger partial charge in [0.25, 0.3) is 0 Å². The minimum atomic E-state index is 0.0571. The van der Waals surface area contributed by atoms with Crippen LogP contribution in [0.4, 0.5) is 5.69 Å². The molecule has 0 atom stereocenters. The zero-order chi connectivity index (χ0) is 13.5. The van der Waals surface area contributed by atoms with Crippen molar-refractivity contribution in [3.05, 3.63) is 29.8 Å². The van der Waals surface area contributed by atoms with E-state index in [4.69, 9.17) is 0 Å². The number of rotatable bonds is 6. The normalized spacial score (nSPS) is 15.6. The molecular weight excluding hydrogens is 238 g/mol. The summed E-state index contributed by atoms with van der Waals surface area (Å²) in [7, 11) is 1.85. The van der Waals surface area contributed by atoms with Crippen LogP contribution in [0.15, 0.2) is 24.3 Å². The second-order valence-corrected chi connectivity index (χ2v) is 5.08. The largest absolute Gasteiger partial charge is 0.326 e. The summed E-state index contributed by atoms with van der Waals surface area (Å²) in [5.41, 5.74) is 2.20. The van der Waals surface area contributed by atoms with Gasteiger partial charge in [-0.25, -0.2) is 0 Å². The quantitative estimate of drug-likeness (QED) is 0.821. The van der Waals surface area contributed by atoms with E-state index >= 15 is 0 Å². The number of anilines is 1. The molecule has 1 fully saturated rings. The average molecular weight is 261 g/mol. The molecule has 4 heteroatoms. The van der Waals surface area contributed by atoms with Crippen molar-refractivity contribution in [1.82, 2.24) is 10.2 Å². The summed E-state index contributed by atoms with van der Waals surface area (Å²) in [4.78, 5) is 14.0. The van der Waals surface area contributed by atoms with Crippen molar-refractivity contribution in [2.75, 3.05) is 32.0 Å². The monoisotopic (exact) mass is 261 g/mol. The van der Waals surface area contributed by atoms with Crippen LogP contribution in [0.5, 0.6) is 0 Å². The van der Waals surface area contributed by atoms with Gasteiger partial charge in [0.2, 0.25) is 5.91 Å². The van der Waals surface area contributed by atoms with Gasteiger partial charge in [0, 0.05) is 25.2 Å². The highest BCUT2D eigenvalue weighted by molar-refractivity contribution is 5.90. The lowest BCUT2D eigenvalue weighted by molar-refractivity contribution is -0.116. The molecule has 0 radical (unpaired) electrons. The molecule has 0 aliphatic carbocycles. The Morgan fingerprint density at radius 2 is 1.89 bits per heavy atom. The molecule has 4 nitrogen and oxygen atoms in total. The summed E-state index contributed by atoms with van der Waals surface area (Å²) < 4.78 is 0. The van der Waals surface area contributed by atoms with Gasteiger partial charge >= 0.3 is 0 Å². The van der Waals surface area contributed by atoms with E-state index in [2.05, 4.69) is 27.7 Å². The Hall–Kier alpha value is -1.39. The van der Waals surface area contributed by atoms with Crippen molar-refractivity contribution in [2.45, 2.75) is 25.8 Å². The van der Waals surface area contributed by atoms with Crippen LogP contribution in [0, 0.1) is 0 Å². The Bertz CT molecular complexity index is 396. The molecule has 1 aliphatic heterocycles. The van der Waals surface area contributed by atoms with E-state index in [1.54, 1.807) is 0 Å². The summed E-state index contributed by atoms with van der Waals surface area (Å²) in [6, 6.07) is 8.18. The van der Waals surface area contributed by atoms with Gasteiger partial charge in [-0.3, -0.25) is 9.69 Å². The molecule has 1 aromatic carbocycles. The summed E-state index contributed by atoms with van der Waals surface area (Å²) in [6.45, 7) is 4.15. The van der Waals surface area contributed by atoms with Gasteiger partial charge in [-0.15, -0.1) is 0 Å². The molecular formula is C15H23N3O. The second kappa shape index (κ2) is 7.26. The van der Waals surface area contributed by atoms with Gasteiger partial charge in [0.05, 0.1) is 0 Å². The first-order chi connectivity index (χ1) is 9.28. The molecule has 1 saturated heterocycles. The van der Waals surface area contributed by atoms with Crippen molar-refractivity contribution < 1.29 is 4.79 Å². The van der Waals surface area contributed by atoms with Crippen LogP contribution >= 0.6 is 0 Å². The van der Waals surface area contributed by atoms with Gasteiger partial charge in [-0.1, -0.05) is 12.1 Å². The van der Waals surface area contributed by atoms with Gasteiger partial charge < -0.3 is 10.6 Å². The third-order valence-corrected chi connectivity index (χ3v) is 3.44. The lowest BCUT2D eigenvalue weighted by Gasteiger charge is -2.14. The number of nitrogens with one attached hydrogen (secondary N) is 2. The maximum atomic E-state index is 11.6. The van der Waals surface area contributed by atoms with E-state index in [0.717, 1.165) is 12.2 Å². The molecule has 1 amide bonds. The summed E-state index contributed by atoms with van der Waals surface area (Å²) in [5, 5.41) is 5.87. The number of nitrogens with zero attached hydrogens (tertiary/aromatic N) is 1. The number of amides is 1. The van der Waals surface area contributed by atoms with Crippen LogP contribution in [-0.2, 0) is 11.3 Å². The van der Waals surface area contributed by atoms with Crippen LogP contribution in [0.1, 0.15) is 24.8 Å². The number of carbonyl (C=O) groups excluding carboxylic acids is 1. The van der Waals surface area contributed by atoms with Crippen LogP contribution in [-0.4, -0.2) is 37.5 Å². The van der Waals surface area contributed by atoms with Gasteiger partial charge in [0.15, 0.2) is 0 Å². The van der Waals surface area contributed by atoms with Crippen molar-refractivity contribution >= 4 is 11.6 Å². The van der Waals surface area contributed by atoms with Crippen molar-refractivity contribution in [3.63, 3.8) is 0 Å². The Labute approximate surface area is 115 Å². The third kappa shape index (κ3) is 4.65. The Morgan fingerprint density at radius 3 is 2.53 bits per heavy atom. The molecule has 2 N–H and O–H groups in total. The van der Waals surface area contributed by atoms with Crippen molar-refractivity contribution in [3.8, 4) is 0 Å². The molecule has 1 heterocycles. The summed E-state index contributed by atoms with van der Waals surface area (Å²) >= 11 is 0. The highest BCUT2D eigenvalue weighted by atomic mass is 16.1. The molecule has 19 heavy (non-hydrogen) atoms. The second-order valence-electron chi connectivity index (χ2n) is 5.08. The molecule has 104 valence electrons. The fraction of sp³-hybridized carbons (Fsp3) is 0.533. The fourth-order valence-electron chi connectivity index (χ4n) is 2.35. The highest BCUT2D eigenvalue weighted by Crippen LogP contribution is 2.15. The number of hydrogen-bond acceptors (Lipinski definition) is 3. The first kappa shape index (κ1) is 14.0. The smallest absolute Gasteiger partial charge is 0.225 e. The zero-order valence-electron chi connectivity index (χ0n) is 11.6. The van der Waals surface area contributed by atoms with Gasteiger partial charge in [-0.05, 0) is 50.7 Å². The van der Waals surface area contributed by atoms with Crippen LogP contribution in [0.2, 0.25) is 0 Å². The predicted molar refractivity (Wildman–Crippen MR) is 78.1 cm³/mol. The van der Waals surface area contributed by atoms with E-state index in [1.165, 1.54) is 31.5 Å². The van der Waals surface area contributed by atoms with Crippen molar-refractivity contribution in [1.29, 1.82) is 0 Å². The van der Waals surface area contributed by atoms with Crippen LogP contribution < -0.4 is 10.6 Å². The van der Waals surface area contributed by atoms with E-state index in [1.807, 2.05) is 19.2 Å². The Morgan fingerprint density at radius 1 is 1.21 bits per heavy atom. The standard InChI is InChI=1S/C15H23N3O/c1-16-9-8-15(19)17-14-6-4-13(5-7-14)12-18-10-2-3-11-18/h4-7,16H,2-3,8-12H2,1H3,(H,17,19). The van der Waals surface area contributed by atoms with E-state index in [9.17, 15) is 4.79 Å². The minimum absolute atomic E-state index is 0.0571. The minimum Gasteiger partial charge on any atom is -0.326 e.